The first-order chi connectivity index (χ1) is 11.9. The number of carbonyl (C=O) groups is 1. The van der Waals surface area contributed by atoms with E-state index in [9.17, 15) is 13.6 Å². The van der Waals surface area contributed by atoms with E-state index < -0.39 is 23.6 Å². The third-order valence-corrected chi connectivity index (χ3v) is 4.00. The first-order valence-corrected chi connectivity index (χ1v) is 7.56. The molecule has 0 radical (unpaired) electrons. The van der Waals surface area contributed by atoms with Crippen molar-refractivity contribution in [1.82, 2.24) is 4.57 Å². The van der Waals surface area contributed by atoms with Crippen molar-refractivity contribution in [2.45, 2.75) is 12.5 Å². The van der Waals surface area contributed by atoms with Gasteiger partial charge in [0.1, 0.15) is 11.9 Å². The molecule has 3 N–H and O–H groups in total. The highest BCUT2D eigenvalue weighted by Gasteiger charge is 2.23. The van der Waals surface area contributed by atoms with Crippen LogP contribution in [-0.2, 0) is 18.3 Å². The third kappa shape index (κ3) is 3.18. The van der Waals surface area contributed by atoms with Gasteiger partial charge in [-0.3, -0.25) is 4.79 Å². The number of hydrogen-bond acceptors (Lipinski definition) is 3. The molecule has 0 saturated carbocycles. The molecule has 1 atom stereocenters. The second-order valence-corrected chi connectivity index (χ2v) is 5.69. The number of rotatable bonds is 5. The predicted molar refractivity (Wildman–Crippen MR) is 88.7 cm³/mol. The quantitative estimate of drug-likeness (QED) is 0.744. The summed E-state index contributed by atoms with van der Waals surface area (Å²) in [5.74, 6) is -2.60. The van der Waals surface area contributed by atoms with E-state index in [2.05, 4.69) is 0 Å². The number of hydrogen-bond donors (Lipinski definition) is 2. The van der Waals surface area contributed by atoms with Crippen molar-refractivity contribution in [2.24, 2.45) is 12.8 Å². The van der Waals surface area contributed by atoms with Gasteiger partial charge in [0, 0.05) is 30.5 Å². The third-order valence-electron chi connectivity index (χ3n) is 4.00. The highest BCUT2D eigenvalue weighted by Crippen LogP contribution is 2.35. The van der Waals surface area contributed by atoms with Crippen molar-refractivity contribution in [1.29, 1.82) is 0 Å². The summed E-state index contributed by atoms with van der Waals surface area (Å²) in [4.78, 5) is 11.1. The fraction of sp³-hybridized carbons (Fsp3) is 0.167. The molecule has 0 spiro atoms. The lowest BCUT2D eigenvalue weighted by Gasteiger charge is -2.12. The number of nitrogens with two attached hydrogens (primary N) is 1. The van der Waals surface area contributed by atoms with Crippen LogP contribution in [0.2, 0.25) is 0 Å². The molecular weight excluding hydrogens is 330 g/mol. The summed E-state index contributed by atoms with van der Waals surface area (Å²) in [5, 5.41) is 9.87. The van der Waals surface area contributed by atoms with Gasteiger partial charge >= 0.3 is 5.97 Å². The van der Waals surface area contributed by atoms with Crippen LogP contribution in [0.4, 0.5) is 8.78 Å². The molecule has 0 aliphatic carbocycles. The van der Waals surface area contributed by atoms with Gasteiger partial charge in [-0.25, -0.2) is 8.78 Å². The van der Waals surface area contributed by atoms with Crippen LogP contribution in [0.25, 0.3) is 10.9 Å². The van der Waals surface area contributed by atoms with Crippen LogP contribution in [0.1, 0.15) is 5.56 Å². The summed E-state index contributed by atoms with van der Waals surface area (Å²) in [6.07, 6.45) is 0.00876. The number of para-hydroxylation sites is 1. The maximum absolute atomic E-state index is 14.0. The topological polar surface area (TPSA) is 77.5 Å². The molecule has 0 amide bonds. The number of ether oxygens (including phenoxy) is 1. The minimum atomic E-state index is -1.15. The number of aromatic nitrogens is 1. The second-order valence-electron chi connectivity index (χ2n) is 5.69. The molecule has 1 unspecified atom stereocenters. The Kier molecular flexibility index (Phi) is 4.41. The standard InChI is InChI=1S/C18H16F2N2O3/c1-22-15-5-3-2-4-11(15)12(9-14(21)18(23)24)17(22)25-16-7-6-10(19)8-13(16)20/h2-8,14H,9,21H2,1H3,(H,23,24). The van der Waals surface area contributed by atoms with E-state index in [-0.39, 0.29) is 18.1 Å². The van der Waals surface area contributed by atoms with E-state index in [1.54, 1.807) is 17.7 Å². The highest BCUT2D eigenvalue weighted by molar-refractivity contribution is 5.88. The van der Waals surface area contributed by atoms with E-state index in [0.717, 1.165) is 23.0 Å². The number of nitrogens with zero attached hydrogens (tertiary/aromatic N) is 1. The molecule has 0 saturated heterocycles. The zero-order chi connectivity index (χ0) is 18.1. The number of carboxylic acids is 1. The Bertz CT molecular complexity index is 953. The summed E-state index contributed by atoms with van der Waals surface area (Å²) < 4.78 is 34.4. The number of halogens is 2. The van der Waals surface area contributed by atoms with Gasteiger partial charge in [-0.1, -0.05) is 18.2 Å². The molecule has 0 bridgehead atoms. The van der Waals surface area contributed by atoms with Crippen molar-refractivity contribution in [3.8, 4) is 11.6 Å². The van der Waals surface area contributed by atoms with Crippen molar-refractivity contribution < 1.29 is 23.4 Å². The summed E-state index contributed by atoms with van der Waals surface area (Å²) in [6.45, 7) is 0. The van der Waals surface area contributed by atoms with E-state index in [1.165, 1.54) is 6.07 Å². The second kappa shape index (κ2) is 6.52. The van der Waals surface area contributed by atoms with Gasteiger partial charge in [0.25, 0.3) is 0 Å². The molecule has 2 aromatic carbocycles. The van der Waals surface area contributed by atoms with Gasteiger partial charge in [0.2, 0.25) is 5.88 Å². The van der Waals surface area contributed by atoms with Gasteiger partial charge in [-0.15, -0.1) is 0 Å². The van der Waals surface area contributed by atoms with Crippen molar-refractivity contribution in [2.75, 3.05) is 0 Å². The maximum atomic E-state index is 14.0. The zero-order valence-corrected chi connectivity index (χ0v) is 13.4. The summed E-state index contributed by atoms with van der Waals surface area (Å²) in [6, 6.07) is 9.14. The number of fused-ring (bicyclic) bond motifs is 1. The number of aliphatic carboxylic acids is 1. The molecule has 7 heteroatoms. The van der Waals surface area contributed by atoms with Gasteiger partial charge < -0.3 is 20.1 Å². The molecule has 0 aliphatic rings. The average Bonchev–Trinajstić information content (AvgIpc) is 2.83. The van der Waals surface area contributed by atoms with Crippen LogP contribution >= 0.6 is 0 Å². The minimum absolute atomic E-state index is 0.00876. The molecule has 5 nitrogen and oxygen atoms in total. The molecule has 3 rings (SSSR count). The summed E-state index contributed by atoms with van der Waals surface area (Å²) in [5.41, 5.74) is 7.01. The molecule has 3 aromatic rings. The molecule has 0 fully saturated rings. The first-order valence-electron chi connectivity index (χ1n) is 7.56. The largest absolute Gasteiger partial charge is 0.480 e. The van der Waals surface area contributed by atoms with E-state index in [4.69, 9.17) is 15.6 Å². The first kappa shape index (κ1) is 16.9. The Morgan fingerprint density at radius 2 is 2.00 bits per heavy atom. The molecule has 1 heterocycles. The fourth-order valence-electron chi connectivity index (χ4n) is 2.75. The van der Waals surface area contributed by atoms with Gasteiger partial charge in [-0.05, 0) is 18.2 Å². The Morgan fingerprint density at radius 1 is 1.28 bits per heavy atom. The van der Waals surface area contributed by atoms with Gasteiger partial charge in [0.05, 0.1) is 5.52 Å². The Balaban J connectivity index is 2.12. The molecule has 1 aromatic heterocycles. The Hall–Kier alpha value is -2.93. The van der Waals surface area contributed by atoms with Crippen LogP contribution in [0.5, 0.6) is 11.6 Å². The smallest absolute Gasteiger partial charge is 0.320 e. The lowest BCUT2D eigenvalue weighted by atomic mass is 10.1. The molecule has 0 aliphatic heterocycles. The van der Waals surface area contributed by atoms with Crippen LogP contribution in [0.15, 0.2) is 42.5 Å². The number of aryl methyl sites for hydroxylation is 1. The van der Waals surface area contributed by atoms with Gasteiger partial charge in [-0.2, -0.15) is 0 Å². The predicted octanol–water partition coefficient (Wildman–Crippen LogP) is 3.20. The van der Waals surface area contributed by atoms with Crippen molar-refractivity contribution in [3.05, 3.63) is 59.7 Å². The summed E-state index contributed by atoms with van der Waals surface area (Å²) >= 11 is 0. The highest BCUT2D eigenvalue weighted by atomic mass is 19.1. The zero-order valence-electron chi connectivity index (χ0n) is 13.4. The monoisotopic (exact) mass is 346 g/mol. The average molecular weight is 346 g/mol. The van der Waals surface area contributed by atoms with Crippen LogP contribution in [0.3, 0.4) is 0 Å². The SMILES string of the molecule is Cn1c(Oc2ccc(F)cc2F)c(CC(N)C(=O)O)c2ccccc21. The van der Waals surface area contributed by atoms with Gasteiger partial charge in [0.15, 0.2) is 11.6 Å². The number of benzene rings is 2. The van der Waals surface area contributed by atoms with Crippen LogP contribution < -0.4 is 10.5 Å². The molecule has 25 heavy (non-hydrogen) atoms. The van der Waals surface area contributed by atoms with Crippen LogP contribution in [-0.4, -0.2) is 21.7 Å². The Labute approximate surface area is 142 Å². The Morgan fingerprint density at radius 3 is 2.68 bits per heavy atom. The summed E-state index contributed by atoms with van der Waals surface area (Å²) in [7, 11) is 1.72. The van der Waals surface area contributed by atoms with Crippen molar-refractivity contribution in [3.63, 3.8) is 0 Å². The lowest BCUT2D eigenvalue weighted by Crippen LogP contribution is -2.32. The molecular formula is C18H16F2N2O3. The maximum Gasteiger partial charge on any atom is 0.320 e. The van der Waals surface area contributed by atoms with Crippen LogP contribution in [0, 0.1) is 11.6 Å². The minimum Gasteiger partial charge on any atom is -0.480 e. The van der Waals surface area contributed by atoms with E-state index in [1.807, 2.05) is 18.2 Å². The molecule has 130 valence electrons. The van der Waals surface area contributed by atoms with E-state index >= 15 is 0 Å². The number of carboxylic acid groups (broad SMARTS) is 1. The van der Waals surface area contributed by atoms with E-state index in [0.29, 0.717) is 5.56 Å². The fourth-order valence-corrected chi connectivity index (χ4v) is 2.75. The van der Waals surface area contributed by atoms with Crippen molar-refractivity contribution >= 4 is 16.9 Å². The normalized spacial score (nSPS) is 12.3. The lowest BCUT2D eigenvalue weighted by molar-refractivity contribution is -0.138.